The average Bonchev–Trinajstić information content (AvgIpc) is 2.95. The van der Waals surface area contributed by atoms with Crippen molar-refractivity contribution in [1.29, 1.82) is 0 Å². The van der Waals surface area contributed by atoms with Gasteiger partial charge in [0.25, 0.3) is 0 Å². The fourth-order valence-electron chi connectivity index (χ4n) is 1.72. The summed E-state index contributed by atoms with van der Waals surface area (Å²) < 4.78 is 13.5. The molecule has 0 saturated carbocycles. The Balaban J connectivity index is 1.90. The Kier molecular flexibility index (Phi) is 5.51. The van der Waals surface area contributed by atoms with Crippen LogP contribution in [-0.2, 0) is 22.6 Å². The molecule has 0 unspecified atom stereocenters. The molecule has 2 rings (SSSR count). The van der Waals surface area contributed by atoms with Crippen LogP contribution in [0.5, 0.6) is 0 Å². The number of nitrogens with one attached hydrogen (secondary N) is 2. The number of rotatable bonds is 4. The third-order valence-electron chi connectivity index (χ3n) is 2.87. The van der Waals surface area contributed by atoms with Crippen molar-refractivity contribution in [1.82, 2.24) is 5.32 Å². The fourth-order valence-corrected chi connectivity index (χ4v) is 2.78. The summed E-state index contributed by atoms with van der Waals surface area (Å²) in [5.41, 5.74) is -0.0889. The van der Waals surface area contributed by atoms with Crippen LogP contribution < -0.4 is 10.6 Å². The second-order valence-electron chi connectivity index (χ2n) is 4.48. The number of thiophene rings is 1. The molecule has 0 aliphatic heterocycles. The van der Waals surface area contributed by atoms with Crippen molar-refractivity contribution in [2.24, 2.45) is 0 Å². The Morgan fingerprint density at radius 2 is 1.91 bits per heavy atom. The quantitative estimate of drug-likeness (QED) is 0.838. The molecule has 0 aliphatic carbocycles. The molecule has 0 aliphatic rings. The van der Waals surface area contributed by atoms with E-state index in [1.54, 1.807) is 11.3 Å². The van der Waals surface area contributed by atoms with Crippen LogP contribution in [0.1, 0.15) is 16.7 Å². The smallest absolute Gasteiger partial charge is 0.313 e. The van der Waals surface area contributed by atoms with Gasteiger partial charge in [0, 0.05) is 14.8 Å². The lowest BCUT2D eigenvalue weighted by Gasteiger charge is -2.07. The first kappa shape index (κ1) is 16.5. The minimum absolute atomic E-state index is 0.0889. The predicted molar refractivity (Wildman–Crippen MR) is 85.6 cm³/mol. The van der Waals surface area contributed by atoms with E-state index in [2.05, 4.69) is 10.6 Å². The second kappa shape index (κ2) is 7.38. The molecule has 1 aromatic heterocycles. The Bertz CT molecular complexity index is 703. The largest absolute Gasteiger partial charge is 0.343 e. The van der Waals surface area contributed by atoms with Crippen molar-refractivity contribution >= 4 is 40.4 Å². The summed E-state index contributed by atoms with van der Waals surface area (Å²) in [6.45, 7) is 2.31. The lowest BCUT2D eigenvalue weighted by Crippen LogP contribution is -2.35. The van der Waals surface area contributed by atoms with Crippen molar-refractivity contribution in [2.75, 3.05) is 5.32 Å². The monoisotopic (exact) mass is 340 g/mol. The number of carbonyl (C=O) groups is 2. The zero-order valence-corrected chi connectivity index (χ0v) is 13.4. The van der Waals surface area contributed by atoms with E-state index in [0.29, 0.717) is 0 Å². The lowest BCUT2D eigenvalue weighted by molar-refractivity contribution is -0.136. The minimum atomic E-state index is -0.923. The predicted octanol–water partition coefficient (Wildman–Crippen LogP) is 3.36. The average molecular weight is 341 g/mol. The number of halogens is 2. The van der Waals surface area contributed by atoms with Crippen molar-refractivity contribution < 1.29 is 14.0 Å². The van der Waals surface area contributed by atoms with Crippen molar-refractivity contribution in [3.63, 3.8) is 0 Å². The van der Waals surface area contributed by atoms with Crippen molar-refractivity contribution in [3.05, 3.63) is 50.9 Å². The molecule has 22 heavy (non-hydrogen) atoms. The van der Waals surface area contributed by atoms with Gasteiger partial charge in [-0.3, -0.25) is 9.59 Å². The van der Waals surface area contributed by atoms with Gasteiger partial charge in [0.05, 0.1) is 12.2 Å². The van der Waals surface area contributed by atoms with Gasteiger partial charge in [0.15, 0.2) is 0 Å². The molecule has 1 aromatic carbocycles. The summed E-state index contributed by atoms with van der Waals surface area (Å²) in [6, 6.07) is 7.68. The van der Waals surface area contributed by atoms with Crippen LogP contribution in [0.15, 0.2) is 30.3 Å². The molecular weight excluding hydrogens is 327 g/mol. The maximum atomic E-state index is 13.5. The highest BCUT2D eigenvalue weighted by Crippen LogP contribution is 2.19. The van der Waals surface area contributed by atoms with Gasteiger partial charge in [0.1, 0.15) is 5.82 Å². The first-order valence-electron chi connectivity index (χ1n) is 6.61. The minimum Gasteiger partial charge on any atom is -0.343 e. The molecule has 0 atom stereocenters. The first-order valence-corrected chi connectivity index (χ1v) is 7.81. The van der Waals surface area contributed by atoms with Gasteiger partial charge in [-0.15, -0.1) is 11.3 Å². The highest BCUT2D eigenvalue weighted by molar-refractivity contribution is 7.11. The van der Waals surface area contributed by atoms with Crippen LogP contribution in [0.2, 0.25) is 5.02 Å². The Labute approximate surface area is 136 Å². The van der Waals surface area contributed by atoms with Crippen LogP contribution in [0.25, 0.3) is 0 Å². The van der Waals surface area contributed by atoms with E-state index in [1.165, 1.54) is 17.0 Å². The van der Waals surface area contributed by atoms with Gasteiger partial charge in [-0.2, -0.15) is 0 Å². The second-order valence-corrected chi connectivity index (χ2v) is 6.17. The number of hydrogen-bond donors (Lipinski definition) is 2. The highest BCUT2D eigenvalue weighted by Gasteiger charge is 2.15. The molecule has 0 fully saturated rings. The molecule has 0 saturated heterocycles. The van der Waals surface area contributed by atoms with Crippen LogP contribution in [-0.4, -0.2) is 11.8 Å². The van der Waals surface area contributed by atoms with E-state index in [-0.39, 0.29) is 17.3 Å². The molecule has 4 nitrogen and oxygen atoms in total. The molecule has 2 N–H and O–H groups in total. The van der Waals surface area contributed by atoms with Gasteiger partial charge in [-0.05, 0) is 36.8 Å². The molecule has 1 heterocycles. The van der Waals surface area contributed by atoms with Gasteiger partial charge in [-0.1, -0.05) is 18.5 Å². The molecule has 0 spiro atoms. The Morgan fingerprint density at radius 3 is 2.55 bits per heavy atom. The number of hydrogen-bond acceptors (Lipinski definition) is 3. The summed E-state index contributed by atoms with van der Waals surface area (Å²) >= 11 is 7.19. The van der Waals surface area contributed by atoms with E-state index in [9.17, 15) is 14.0 Å². The summed E-state index contributed by atoms with van der Waals surface area (Å²) in [4.78, 5) is 25.6. The molecule has 2 amide bonds. The SMILES string of the molecule is CCc1ccc(CNC(=O)C(=O)Nc2ccc(Cl)cc2F)s1. The van der Waals surface area contributed by atoms with Gasteiger partial charge < -0.3 is 10.6 Å². The molecule has 7 heteroatoms. The molecule has 116 valence electrons. The number of anilines is 1. The van der Waals surface area contributed by atoms with Gasteiger partial charge in [-0.25, -0.2) is 4.39 Å². The van der Waals surface area contributed by atoms with E-state index in [0.717, 1.165) is 17.4 Å². The van der Waals surface area contributed by atoms with Crippen LogP contribution in [0.4, 0.5) is 10.1 Å². The topological polar surface area (TPSA) is 58.2 Å². The number of amides is 2. The third kappa shape index (κ3) is 4.29. The van der Waals surface area contributed by atoms with E-state index >= 15 is 0 Å². The summed E-state index contributed by atoms with van der Waals surface area (Å²) in [5.74, 6) is -2.44. The zero-order chi connectivity index (χ0) is 16.1. The zero-order valence-electron chi connectivity index (χ0n) is 11.8. The fraction of sp³-hybridized carbons (Fsp3) is 0.200. The normalized spacial score (nSPS) is 10.3. The number of aryl methyl sites for hydroxylation is 1. The van der Waals surface area contributed by atoms with Gasteiger partial charge in [0.2, 0.25) is 0 Å². The summed E-state index contributed by atoms with van der Waals surface area (Å²) in [6.07, 6.45) is 0.926. The van der Waals surface area contributed by atoms with Gasteiger partial charge >= 0.3 is 11.8 Å². The molecule has 2 aromatic rings. The lowest BCUT2D eigenvalue weighted by atomic mass is 10.3. The van der Waals surface area contributed by atoms with E-state index in [1.807, 2.05) is 19.1 Å². The first-order chi connectivity index (χ1) is 10.5. The molecular formula is C15H14ClFN2O2S. The van der Waals surface area contributed by atoms with E-state index in [4.69, 9.17) is 11.6 Å². The highest BCUT2D eigenvalue weighted by atomic mass is 35.5. The third-order valence-corrected chi connectivity index (χ3v) is 4.34. The molecule has 0 radical (unpaired) electrons. The van der Waals surface area contributed by atoms with Crippen molar-refractivity contribution in [2.45, 2.75) is 19.9 Å². The summed E-state index contributed by atoms with van der Waals surface area (Å²) in [5, 5.41) is 4.92. The standard InChI is InChI=1S/C15H14ClFN2O2S/c1-2-10-4-5-11(22-10)8-18-14(20)15(21)19-13-6-3-9(16)7-12(13)17/h3-7H,2,8H2,1H3,(H,18,20)(H,19,21). The summed E-state index contributed by atoms with van der Waals surface area (Å²) in [7, 11) is 0. The number of carbonyl (C=O) groups excluding carboxylic acids is 2. The maximum absolute atomic E-state index is 13.5. The molecule has 0 bridgehead atoms. The van der Waals surface area contributed by atoms with Crippen LogP contribution in [0, 0.1) is 5.82 Å². The van der Waals surface area contributed by atoms with E-state index < -0.39 is 17.6 Å². The Hall–Kier alpha value is -1.92. The number of benzene rings is 1. The maximum Gasteiger partial charge on any atom is 0.313 e. The van der Waals surface area contributed by atoms with Crippen LogP contribution in [0.3, 0.4) is 0 Å². The van der Waals surface area contributed by atoms with Crippen molar-refractivity contribution in [3.8, 4) is 0 Å². The Morgan fingerprint density at radius 1 is 1.18 bits per heavy atom. The van der Waals surface area contributed by atoms with Crippen LogP contribution >= 0.6 is 22.9 Å².